The Balaban J connectivity index is 2.44. The normalized spacial score (nSPS) is 10.3. The van der Waals surface area contributed by atoms with Crippen LogP contribution in [0.3, 0.4) is 0 Å². The molecular formula is C14H16N2O. The van der Waals surface area contributed by atoms with Gasteiger partial charge in [0.15, 0.2) is 0 Å². The number of aryl methyl sites for hydroxylation is 2. The quantitative estimate of drug-likeness (QED) is 0.809. The molecule has 0 bridgehead atoms. The molecule has 0 N–H and O–H groups in total. The van der Waals surface area contributed by atoms with E-state index in [1.807, 2.05) is 51.1 Å². The van der Waals surface area contributed by atoms with Gasteiger partial charge in [0.2, 0.25) is 0 Å². The minimum absolute atomic E-state index is 0.657. The van der Waals surface area contributed by atoms with Crippen molar-refractivity contribution >= 4 is 0 Å². The average Bonchev–Trinajstić information content (AvgIpc) is 2.28. The SMILES string of the molecule is CCOc1cc(C)nc(-c2cccc(C)n2)c1. The summed E-state index contributed by atoms with van der Waals surface area (Å²) in [7, 11) is 0. The third-order valence-electron chi connectivity index (χ3n) is 2.39. The van der Waals surface area contributed by atoms with E-state index in [2.05, 4.69) is 9.97 Å². The fourth-order valence-corrected chi connectivity index (χ4v) is 1.70. The predicted molar refractivity (Wildman–Crippen MR) is 68.1 cm³/mol. The summed E-state index contributed by atoms with van der Waals surface area (Å²) in [4.78, 5) is 8.95. The van der Waals surface area contributed by atoms with Crippen LogP contribution in [0.4, 0.5) is 0 Å². The van der Waals surface area contributed by atoms with Gasteiger partial charge in [0.05, 0.1) is 18.0 Å². The third-order valence-corrected chi connectivity index (χ3v) is 2.39. The largest absolute Gasteiger partial charge is 0.494 e. The van der Waals surface area contributed by atoms with Gasteiger partial charge in [-0.25, -0.2) is 0 Å². The molecule has 17 heavy (non-hydrogen) atoms. The van der Waals surface area contributed by atoms with Crippen LogP contribution in [0.25, 0.3) is 11.4 Å². The molecule has 0 fully saturated rings. The molecular weight excluding hydrogens is 212 g/mol. The van der Waals surface area contributed by atoms with E-state index in [-0.39, 0.29) is 0 Å². The van der Waals surface area contributed by atoms with Crippen LogP contribution in [0.5, 0.6) is 5.75 Å². The lowest BCUT2D eigenvalue weighted by atomic mass is 10.2. The highest BCUT2D eigenvalue weighted by molar-refractivity contribution is 5.56. The van der Waals surface area contributed by atoms with Gasteiger partial charge in [0.1, 0.15) is 5.75 Å². The van der Waals surface area contributed by atoms with Gasteiger partial charge in [-0.1, -0.05) is 6.07 Å². The second-order valence-electron chi connectivity index (χ2n) is 3.93. The molecule has 0 atom stereocenters. The molecule has 88 valence electrons. The molecule has 0 aliphatic heterocycles. The summed E-state index contributed by atoms with van der Waals surface area (Å²) in [6.45, 7) is 6.56. The maximum atomic E-state index is 5.51. The molecule has 0 unspecified atom stereocenters. The first-order chi connectivity index (χ1) is 8.19. The lowest BCUT2D eigenvalue weighted by Gasteiger charge is -2.07. The Bertz CT molecular complexity index is 523. The molecule has 2 rings (SSSR count). The van der Waals surface area contributed by atoms with E-state index in [4.69, 9.17) is 4.74 Å². The smallest absolute Gasteiger partial charge is 0.123 e. The van der Waals surface area contributed by atoms with Crippen molar-refractivity contribution < 1.29 is 4.74 Å². The highest BCUT2D eigenvalue weighted by Gasteiger charge is 2.05. The molecule has 3 nitrogen and oxygen atoms in total. The lowest BCUT2D eigenvalue weighted by Crippen LogP contribution is -1.96. The lowest BCUT2D eigenvalue weighted by molar-refractivity contribution is 0.340. The summed E-state index contributed by atoms with van der Waals surface area (Å²) in [5.74, 6) is 0.846. The second-order valence-corrected chi connectivity index (χ2v) is 3.93. The number of hydrogen-bond donors (Lipinski definition) is 0. The maximum absolute atomic E-state index is 5.51. The Morgan fingerprint density at radius 2 is 1.76 bits per heavy atom. The van der Waals surface area contributed by atoms with Crippen molar-refractivity contribution in [2.24, 2.45) is 0 Å². The zero-order valence-corrected chi connectivity index (χ0v) is 10.4. The fourth-order valence-electron chi connectivity index (χ4n) is 1.70. The number of rotatable bonds is 3. The molecule has 0 saturated carbocycles. The molecule has 2 aromatic rings. The van der Waals surface area contributed by atoms with E-state index in [1.165, 1.54) is 0 Å². The molecule has 0 amide bonds. The molecule has 0 aromatic carbocycles. The van der Waals surface area contributed by atoms with Crippen molar-refractivity contribution in [1.82, 2.24) is 9.97 Å². The summed E-state index contributed by atoms with van der Waals surface area (Å²) in [5.41, 5.74) is 3.67. The van der Waals surface area contributed by atoms with Crippen molar-refractivity contribution in [1.29, 1.82) is 0 Å². The topological polar surface area (TPSA) is 35.0 Å². The van der Waals surface area contributed by atoms with Crippen molar-refractivity contribution in [3.05, 3.63) is 41.7 Å². The summed E-state index contributed by atoms with van der Waals surface area (Å²) in [6, 6.07) is 9.79. The van der Waals surface area contributed by atoms with Crippen LogP contribution in [0.15, 0.2) is 30.3 Å². The number of ether oxygens (including phenoxy) is 1. The van der Waals surface area contributed by atoms with E-state index in [0.717, 1.165) is 28.5 Å². The molecule has 2 heterocycles. The summed E-state index contributed by atoms with van der Waals surface area (Å²) < 4.78 is 5.51. The first-order valence-electron chi connectivity index (χ1n) is 5.74. The van der Waals surface area contributed by atoms with Gasteiger partial charge in [-0.05, 0) is 32.9 Å². The Morgan fingerprint density at radius 3 is 2.47 bits per heavy atom. The minimum Gasteiger partial charge on any atom is -0.494 e. The van der Waals surface area contributed by atoms with E-state index < -0.39 is 0 Å². The number of nitrogens with zero attached hydrogens (tertiary/aromatic N) is 2. The van der Waals surface area contributed by atoms with Crippen LogP contribution in [0.1, 0.15) is 18.3 Å². The highest BCUT2D eigenvalue weighted by atomic mass is 16.5. The Kier molecular flexibility index (Phi) is 3.38. The van der Waals surface area contributed by atoms with E-state index in [9.17, 15) is 0 Å². The average molecular weight is 228 g/mol. The van der Waals surface area contributed by atoms with Gasteiger partial charge in [-0.2, -0.15) is 0 Å². The molecule has 3 heteroatoms. The van der Waals surface area contributed by atoms with Crippen molar-refractivity contribution in [3.8, 4) is 17.1 Å². The molecule has 0 aliphatic rings. The van der Waals surface area contributed by atoms with Crippen molar-refractivity contribution in [2.45, 2.75) is 20.8 Å². The monoisotopic (exact) mass is 228 g/mol. The highest BCUT2D eigenvalue weighted by Crippen LogP contribution is 2.21. The molecule has 0 aliphatic carbocycles. The van der Waals surface area contributed by atoms with Crippen LogP contribution in [-0.2, 0) is 0 Å². The first-order valence-corrected chi connectivity index (χ1v) is 5.74. The standard InChI is InChI=1S/C14H16N2O/c1-4-17-12-8-11(3)16-14(9-12)13-7-5-6-10(2)15-13/h5-9H,4H2,1-3H3. The Hall–Kier alpha value is -1.90. The first kappa shape index (κ1) is 11.6. The van der Waals surface area contributed by atoms with Crippen LogP contribution in [0, 0.1) is 13.8 Å². The van der Waals surface area contributed by atoms with Gasteiger partial charge in [-0.15, -0.1) is 0 Å². The van der Waals surface area contributed by atoms with Gasteiger partial charge < -0.3 is 4.74 Å². The van der Waals surface area contributed by atoms with Crippen LogP contribution >= 0.6 is 0 Å². The van der Waals surface area contributed by atoms with Gasteiger partial charge in [0.25, 0.3) is 0 Å². The Morgan fingerprint density at radius 1 is 1.00 bits per heavy atom. The van der Waals surface area contributed by atoms with Crippen molar-refractivity contribution in [2.75, 3.05) is 6.61 Å². The van der Waals surface area contributed by atoms with Crippen molar-refractivity contribution in [3.63, 3.8) is 0 Å². The zero-order chi connectivity index (χ0) is 12.3. The minimum atomic E-state index is 0.657. The number of aromatic nitrogens is 2. The molecule has 2 aromatic heterocycles. The van der Waals surface area contributed by atoms with Crippen LogP contribution < -0.4 is 4.74 Å². The summed E-state index contributed by atoms with van der Waals surface area (Å²) >= 11 is 0. The van der Waals surface area contributed by atoms with E-state index in [1.54, 1.807) is 0 Å². The van der Waals surface area contributed by atoms with E-state index >= 15 is 0 Å². The van der Waals surface area contributed by atoms with Gasteiger partial charge in [0, 0.05) is 23.5 Å². The second kappa shape index (κ2) is 4.95. The zero-order valence-electron chi connectivity index (χ0n) is 10.4. The van der Waals surface area contributed by atoms with Gasteiger partial charge in [-0.3, -0.25) is 9.97 Å². The van der Waals surface area contributed by atoms with E-state index in [0.29, 0.717) is 6.61 Å². The molecule has 0 spiro atoms. The number of hydrogen-bond acceptors (Lipinski definition) is 3. The summed E-state index contributed by atoms with van der Waals surface area (Å²) in [6.07, 6.45) is 0. The van der Waals surface area contributed by atoms with Gasteiger partial charge >= 0.3 is 0 Å². The number of pyridine rings is 2. The predicted octanol–water partition coefficient (Wildman–Crippen LogP) is 3.16. The van der Waals surface area contributed by atoms with Crippen LogP contribution in [-0.4, -0.2) is 16.6 Å². The Labute approximate surface area is 102 Å². The third kappa shape index (κ3) is 2.81. The molecule has 0 saturated heterocycles. The molecule has 0 radical (unpaired) electrons. The summed E-state index contributed by atoms with van der Waals surface area (Å²) in [5, 5.41) is 0. The van der Waals surface area contributed by atoms with Crippen LogP contribution in [0.2, 0.25) is 0 Å². The fraction of sp³-hybridized carbons (Fsp3) is 0.286. The maximum Gasteiger partial charge on any atom is 0.123 e.